The molecule has 0 aliphatic carbocycles. The Hall–Kier alpha value is -3.38. The maximum atomic E-state index is 13.9. The van der Waals surface area contributed by atoms with Crippen molar-refractivity contribution in [3.05, 3.63) is 94.7 Å². The van der Waals surface area contributed by atoms with E-state index in [0.717, 1.165) is 23.0 Å². The summed E-state index contributed by atoms with van der Waals surface area (Å²) in [5, 5.41) is 2.80. The summed E-state index contributed by atoms with van der Waals surface area (Å²) in [6.07, 6.45) is 3.90. The van der Waals surface area contributed by atoms with E-state index in [1.807, 2.05) is 35.9 Å². The number of fused-ring (bicyclic) bond motifs is 1. The fourth-order valence-corrected chi connectivity index (χ4v) is 3.05. The summed E-state index contributed by atoms with van der Waals surface area (Å²) in [6, 6.07) is 14.7. The number of aryl methyl sites for hydroxylation is 1. The highest BCUT2D eigenvalue weighted by Crippen LogP contribution is 2.21. The molecular formula is C22H17ClFN3O2. The lowest BCUT2D eigenvalue weighted by Crippen LogP contribution is -2.13. The number of ether oxygens (including phenoxy) is 1. The predicted molar refractivity (Wildman–Crippen MR) is 110 cm³/mol. The van der Waals surface area contributed by atoms with E-state index in [4.69, 9.17) is 16.3 Å². The van der Waals surface area contributed by atoms with Crippen LogP contribution < -0.4 is 10.1 Å². The lowest BCUT2D eigenvalue weighted by Gasteiger charge is -2.09. The normalized spacial score (nSPS) is 10.9. The molecule has 29 heavy (non-hydrogen) atoms. The van der Waals surface area contributed by atoms with Gasteiger partial charge in [-0.1, -0.05) is 23.7 Å². The van der Waals surface area contributed by atoms with Crippen molar-refractivity contribution in [2.24, 2.45) is 0 Å². The summed E-state index contributed by atoms with van der Waals surface area (Å²) < 4.78 is 21.6. The van der Waals surface area contributed by atoms with Crippen molar-refractivity contribution in [1.29, 1.82) is 0 Å². The Morgan fingerprint density at radius 2 is 2.03 bits per heavy atom. The van der Waals surface area contributed by atoms with Crippen LogP contribution in [0.4, 0.5) is 10.1 Å². The molecule has 0 bridgehead atoms. The minimum Gasteiger partial charge on any atom is -0.487 e. The Labute approximate surface area is 171 Å². The van der Waals surface area contributed by atoms with Crippen LogP contribution in [0.15, 0.2) is 67.0 Å². The van der Waals surface area contributed by atoms with Gasteiger partial charge in [-0.2, -0.15) is 0 Å². The van der Waals surface area contributed by atoms with E-state index < -0.39 is 11.7 Å². The summed E-state index contributed by atoms with van der Waals surface area (Å²) >= 11 is 5.73. The first kappa shape index (κ1) is 19.0. The summed E-state index contributed by atoms with van der Waals surface area (Å²) in [5.41, 5.74) is 3.16. The van der Waals surface area contributed by atoms with Gasteiger partial charge in [-0.3, -0.25) is 4.79 Å². The SMILES string of the molecule is Cc1ccc2nc(COc3cccc(C(=O)Nc4ccc(Cl)cc4F)c3)cn2c1. The number of anilines is 1. The van der Waals surface area contributed by atoms with Gasteiger partial charge >= 0.3 is 0 Å². The molecule has 4 rings (SSSR count). The molecule has 2 heterocycles. The monoisotopic (exact) mass is 409 g/mol. The number of hydrogen-bond donors (Lipinski definition) is 1. The zero-order valence-corrected chi connectivity index (χ0v) is 16.3. The van der Waals surface area contributed by atoms with Crippen molar-refractivity contribution in [3.8, 4) is 5.75 Å². The maximum absolute atomic E-state index is 13.9. The van der Waals surface area contributed by atoms with Crippen LogP contribution in [0.25, 0.3) is 5.65 Å². The zero-order valence-electron chi connectivity index (χ0n) is 15.5. The Balaban J connectivity index is 1.45. The molecule has 0 saturated carbocycles. The number of rotatable bonds is 5. The van der Waals surface area contributed by atoms with E-state index in [0.29, 0.717) is 11.3 Å². The molecule has 0 aliphatic heterocycles. The number of aromatic nitrogens is 2. The molecule has 1 amide bonds. The molecule has 5 nitrogen and oxygen atoms in total. The number of nitrogens with one attached hydrogen (secondary N) is 1. The van der Waals surface area contributed by atoms with Crippen molar-refractivity contribution in [2.45, 2.75) is 13.5 Å². The number of carbonyl (C=O) groups is 1. The minimum absolute atomic E-state index is 0.0608. The summed E-state index contributed by atoms with van der Waals surface area (Å²) in [5.74, 6) is -0.525. The second kappa shape index (κ2) is 7.93. The van der Waals surface area contributed by atoms with Gasteiger partial charge in [-0.15, -0.1) is 0 Å². The van der Waals surface area contributed by atoms with E-state index in [1.165, 1.54) is 12.1 Å². The van der Waals surface area contributed by atoms with Crippen LogP contribution in [0.3, 0.4) is 0 Å². The van der Waals surface area contributed by atoms with Crippen LogP contribution in [-0.4, -0.2) is 15.3 Å². The van der Waals surface area contributed by atoms with Crippen LogP contribution in [0, 0.1) is 12.7 Å². The minimum atomic E-state index is -0.597. The highest BCUT2D eigenvalue weighted by atomic mass is 35.5. The Morgan fingerprint density at radius 3 is 2.86 bits per heavy atom. The highest BCUT2D eigenvalue weighted by Gasteiger charge is 2.11. The van der Waals surface area contributed by atoms with Gasteiger partial charge in [0, 0.05) is 23.0 Å². The van der Waals surface area contributed by atoms with Crippen LogP contribution in [-0.2, 0) is 6.61 Å². The van der Waals surface area contributed by atoms with Crippen LogP contribution in [0.5, 0.6) is 5.75 Å². The second-order valence-electron chi connectivity index (χ2n) is 6.60. The third kappa shape index (κ3) is 4.38. The standard InChI is InChI=1S/C22H17ClFN3O2/c1-14-5-8-21-25-17(12-27(21)11-14)13-29-18-4-2-3-15(9-18)22(28)26-20-7-6-16(23)10-19(20)24/h2-12H,13H2,1H3,(H,26,28). The molecule has 0 atom stereocenters. The first-order valence-corrected chi connectivity index (χ1v) is 9.29. The molecule has 0 radical (unpaired) electrons. The fraction of sp³-hybridized carbons (Fsp3) is 0.0909. The van der Waals surface area contributed by atoms with Crippen molar-refractivity contribution in [1.82, 2.24) is 9.38 Å². The maximum Gasteiger partial charge on any atom is 0.255 e. The third-order valence-corrected chi connectivity index (χ3v) is 4.55. The smallest absolute Gasteiger partial charge is 0.255 e. The Kier molecular flexibility index (Phi) is 5.18. The molecule has 0 saturated heterocycles. The van der Waals surface area contributed by atoms with Crippen molar-refractivity contribution in [2.75, 3.05) is 5.32 Å². The summed E-state index contributed by atoms with van der Waals surface area (Å²) in [4.78, 5) is 17.0. The molecule has 4 aromatic rings. The van der Waals surface area contributed by atoms with Crippen LogP contribution >= 0.6 is 11.6 Å². The number of nitrogens with zero attached hydrogens (tertiary/aromatic N) is 2. The van der Waals surface area contributed by atoms with Gasteiger partial charge in [0.2, 0.25) is 0 Å². The van der Waals surface area contributed by atoms with E-state index in [-0.39, 0.29) is 17.3 Å². The first-order chi connectivity index (χ1) is 14.0. The van der Waals surface area contributed by atoms with Crippen LogP contribution in [0.2, 0.25) is 5.02 Å². The van der Waals surface area contributed by atoms with E-state index in [1.54, 1.807) is 24.3 Å². The molecule has 0 aliphatic rings. The lowest BCUT2D eigenvalue weighted by molar-refractivity contribution is 0.102. The highest BCUT2D eigenvalue weighted by molar-refractivity contribution is 6.30. The molecular weight excluding hydrogens is 393 g/mol. The molecule has 0 unspecified atom stereocenters. The van der Waals surface area contributed by atoms with Gasteiger partial charge in [0.1, 0.15) is 23.8 Å². The van der Waals surface area contributed by atoms with Gasteiger partial charge < -0.3 is 14.5 Å². The topological polar surface area (TPSA) is 55.6 Å². The largest absolute Gasteiger partial charge is 0.487 e. The number of benzene rings is 2. The second-order valence-corrected chi connectivity index (χ2v) is 7.04. The summed E-state index contributed by atoms with van der Waals surface area (Å²) in [6.45, 7) is 2.28. The van der Waals surface area contributed by atoms with Gasteiger partial charge in [0.05, 0.1) is 11.4 Å². The number of imidazole rings is 1. The molecule has 1 N–H and O–H groups in total. The molecule has 146 valence electrons. The van der Waals surface area contributed by atoms with E-state index in [2.05, 4.69) is 10.3 Å². The average Bonchev–Trinajstić information content (AvgIpc) is 3.10. The van der Waals surface area contributed by atoms with Gasteiger partial charge in [-0.25, -0.2) is 9.37 Å². The van der Waals surface area contributed by atoms with Gasteiger partial charge in [0.25, 0.3) is 5.91 Å². The number of pyridine rings is 1. The van der Waals surface area contributed by atoms with E-state index >= 15 is 0 Å². The van der Waals surface area contributed by atoms with E-state index in [9.17, 15) is 9.18 Å². The van der Waals surface area contributed by atoms with Gasteiger partial charge in [0.15, 0.2) is 0 Å². The predicted octanol–water partition coefficient (Wildman–Crippen LogP) is 5.27. The number of hydrogen-bond acceptors (Lipinski definition) is 3. The summed E-state index contributed by atoms with van der Waals surface area (Å²) in [7, 11) is 0. The molecule has 0 fully saturated rings. The molecule has 0 spiro atoms. The van der Waals surface area contributed by atoms with Crippen LogP contribution in [0.1, 0.15) is 21.6 Å². The molecule has 2 aromatic carbocycles. The molecule has 7 heteroatoms. The van der Waals surface area contributed by atoms with Crippen molar-refractivity contribution >= 4 is 28.8 Å². The molecule has 2 aromatic heterocycles. The first-order valence-electron chi connectivity index (χ1n) is 8.91. The van der Waals surface area contributed by atoms with Gasteiger partial charge in [-0.05, 0) is 55.0 Å². The number of amides is 1. The third-order valence-electron chi connectivity index (χ3n) is 4.31. The lowest BCUT2D eigenvalue weighted by atomic mass is 10.2. The fourth-order valence-electron chi connectivity index (χ4n) is 2.89. The number of carbonyl (C=O) groups excluding carboxylic acids is 1. The quantitative estimate of drug-likeness (QED) is 0.488. The zero-order chi connectivity index (χ0) is 20.4. The number of halogens is 2. The Bertz CT molecular complexity index is 1210. The Morgan fingerprint density at radius 1 is 1.17 bits per heavy atom. The van der Waals surface area contributed by atoms with Crippen molar-refractivity contribution < 1.29 is 13.9 Å². The average molecular weight is 410 g/mol. The van der Waals surface area contributed by atoms with Crippen molar-refractivity contribution in [3.63, 3.8) is 0 Å².